The van der Waals surface area contributed by atoms with Gasteiger partial charge < -0.3 is 5.32 Å². The van der Waals surface area contributed by atoms with E-state index in [1.54, 1.807) is 0 Å². The van der Waals surface area contributed by atoms with Gasteiger partial charge in [-0.1, -0.05) is 45.9 Å². The first-order valence-corrected chi connectivity index (χ1v) is 8.15. The first kappa shape index (κ1) is 15.8. The second-order valence-electron chi connectivity index (χ2n) is 5.32. The summed E-state index contributed by atoms with van der Waals surface area (Å²) in [6, 6.07) is 11.2. The summed E-state index contributed by atoms with van der Waals surface area (Å²) in [7, 11) is 0. The molecule has 0 amide bonds. The van der Waals surface area contributed by atoms with Gasteiger partial charge in [0, 0.05) is 11.7 Å². The molecule has 114 valence electrons. The van der Waals surface area contributed by atoms with Crippen molar-refractivity contribution in [3.8, 4) is 5.69 Å². The van der Waals surface area contributed by atoms with Gasteiger partial charge >= 0.3 is 0 Å². The molecule has 0 bridgehead atoms. The average Bonchev–Trinajstić information content (AvgIpc) is 2.96. The first-order chi connectivity index (χ1) is 10.2. The maximum absolute atomic E-state index is 4.80. The Kier molecular flexibility index (Phi) is 5.57. The molecule has 3 nitrogen and oxygen atoms in total. The summed E-state index contributed by atoms with van der Waals surface area (Å²) in [5.41, 5.74) is 4.99. The molecule has 0 saturated heterocycles. The van der Waals surface area contributed by atoms with E-state index in [-0.39, 0.29) is 0 Å². The lowest BCUT2D eigenvalue weighted by atomic mass is 10.0. The lowest BCUT2D eigenvalue weighted by Crippen LogP contribution is -2.22. The number of benzene rings is 1. The standard InChI is InChI=1S/C18H27N3/c1-5-14-13-15(6-2)21(20-14)18-12-10-9-11-16(18)17(7-3)19-8-4/h9-13,17,19H,5-8H2,1-4H3. The van der Waals surface area contributed by atoms with Crippen LogP contribution in [-0.2, 0) is 12.8 Å². The molecule has 21 heavy (non-hydrogen) atoms. The van der Waals surface area contributed by atoms with Crippen LogP contribution in [0.15, 0.2) is 30.3 Å². The summed E-state index contributed by atoms with van der Waals surface area (Å²) < 4.78 is 2.13. The zero-order valence-corrected chi connectivity index (χ0v) is 13.7. The van der Waals surface area contributed by atoms with Crippen LogP contribution in [0.1, 0.15) is 57.1 Å². The van der Waals surface area contributed by atoms with Crippen LogP contribution < -0.4 is 5.32 Å². The summed E-state index contributed by atoms with van der Waals surface area (Å²) in [6.45, 7) is 9.71. The lowest BCUT2D eigenvalue weighted by molar-refractivity contribution is 0.533. The largest absolute Gasteiger partial charge is 0.310 e. The van der Waals surface area contributed by atoms with E-state index in [1.165, 1.54) is 16.9 Å². The molecule has 0 saturated carbocycles. The van der Waals surface area contributed by atoms with Gasteiger partial charge in [0.15, 0.2) is 0 Å². The van der Waals surface area contributed by atoms with Gasteiger partial charge in [-0.3, -0.25) is 0 Å². The fraction of sp³-hybridized carbons (Fsp3) is 0.500. The molecule has 2 rings (SSSR count). The van der Waals surface area contributed by atoms with E-state index in [2.05, 4.69) is 68.0 Å². The second kappa shape index (κ2) is 7.41. The van der Waals surface area contributed by atoms with Crippen molar-refractivity contribution in [1.82, 2.24) is 15.1 Å². The molecule has 0 spiro atoms. The zero-order valence-electron chi connectivity index (χ0n) is 13.7. The molecule has 1 N–H and O–H groups in total. The molecular weight excluding hydrogens is 258 g/mol. The van der Waals surface area contributed by atoms with Crippen molar-refractivity contribution in [2.75, 3.05) is 6.54 Å². The second-order valence-corrected chi connectivity index (χ2v) is 5.32. The molecule has 0 aliphatic heterocycles. The molecule has 1 atom stereocenters. The van der Waals surface area contributed by atoms with Crippen molar-refractivity contribution in [3.63, 3.8) is 0 Å². The minimum atomic E-state index is 0.380. The molecule has 2 aromatic rings. The van der Waals surface area contributed by atoms with E-state index >= 15 is 0 Å². The summed E-state index contributed by atoms with van der Waals surface area (Å²) in [4.78, 5) is 0. The monoisotopic (exact) mass is 285 g/mol. The van der Waals surface area contributed by atoms with E-state index in [1.807, 2.05) is 0 Å². The Balaban J connectivity index is 2.51. The molecule has 1 aromatic heterocycles. The molecule has 1 unspecified atom stereocenters. The number of aryl methyl sites for hydroxylation is 2. The van der Waals surface area contributed by atoms with Crippen LogP contribution in [0.5, 0.6) is 0 Å². The molecule has 3 heteroatoms. The van der Waals surface area contributed by atoms with Crippen LogP contribution in [0.4, 0.5) is 0 Å². The Bertz CT molecular complexity index is 572. The molecule has 0 aliphatic rings. The zero-order chi connectivity index (χ0) is 15.2. The number of hydrogen-bond donors (Lipinski definition) is 1. The summed E-state index contributed by atoms with van der Waals surface area (Å²) >= 11 is 0. The Hall–Kier alpha value is -1.61. The molecule has 0 radical (unpaired) electrons. The number of rotatable bonds is 7. The Labute approximate surface area is 128 Å². The SMILES string of the molecule is CCNC(CC)c1ccccc1-n1nc(CC)cc1CC. The van der Waals surface area contributed by atoms with E-state index < -0.39 is 0 Å². The van der Waals surface area contributed by atoms with Crippen LogP contribution in [-0.4, -0.2) is 16.3 Å². The van der Waals surface area contributed by atoms with E-state index in [0.29, 0.717) is 6.04 Å². The maximum Gasteiger partial charge on any atom is 0.0696 e. The predicted molar refractivity (Wildman–Crippen MR) is 89.0 cm³/mol. The molecule has 1 heterocycles. The number of aromatic nitrogens is 2. The Morgan fingerprint density at radius 3 is 2.48 bits per heavy atom. The van der Waals surface area contributed by atoms with Crippen molar-refractivity contribution in [2.45, 2.75) is 53.0 Å². The molecular formula is C18H27N3. The van der Waals surface area contributed by atoms with Crippen LogP contribution >= 0.6 is 0 Å². The highest BCUT2D eigenvalue weighted by atomic mass is 15.3. The highest BCUT2D eigenvalue weighted by Crippen LogP contribution is 2.25. The van der Waals surface area contributed by atoms with Crippen molar-refractivity contribution >= 4 is 0 Å². The summed E-state index contributed by atoms with van der Waals surface area (Å²) in [6.07, 6.45) is 3.06. The number of nitrogens with zero attached hydrogens (tertiary/aromatic N) is 2. The van der Waals surface area contributed by atoms with Gasteiger partial charge in [0.05, 0.1) is 11.4 Å². The van der Waals surface area contributed by atoms with Gasteiger partial charge in [0.1, 0.15) is 0 Å². The normalized spacial score (nSPS) is 12.6. The van der Waals surface area contributed by atoms with Gasteiger partial charge in [-0.25, -0.2) is 4.68 Å². The van der Waals surface area contributed by atoms with Gasteiger partial charge in [-0.2, -0.15) is 5.10 Å². The van der Waals surface area contributed by atoms with Crippen LogP contribution in [0.2, 0.25) is 0 Å². The minimum absolute atomic E-state index is 0.380. The molecule has 0 aliphatic carbocycles. The van der Waals surface area contributed by atoms with Crippen LogP contribution in [0, 0.1) is 0 Å². The number of hydrogen-bond acceptors (Lipinski definition) is 2. The Morgan fingerprint density at radius 2 is 1.86 bits per heavy atom. The van der Waals surface area contributed by atoms with E-state index in [0.717, 1.165) is 31.5 Å². The Morgan fingerprint density at radius 1 is 1.10 bits per heavy atom. The number of para-hydroxylation sites is 1. The fourth-order valence-corrected chi connectivity index (χ4v) is 2.80. The average molecular weight is 285 g/mol. The third kappa shape index (κ3) is 3.35. The lowest BCUT2D eigenvalue weighted by Gasteiger charge is -2.20. The topological polar surface area (TPSA) is 29.9 Å². The summed E-state index contributed by atoms with van der Waals surface area (Å²) in [5.74, 6) is 0. The van der Waals surface area contributed by atoms with Gasteiger partial charge in [-0.05, 0) is 43.5 Å². The van der Waals surface area contributed by atoms with E-state index in [4.69, 9.17) is 5.10 Å². The maximum atomic E-state index is 4.80. The van der Waals surface area contributed by atoms with Crippen molar-refractivity contribution in [3.05, 3.63) is 47.3 Å². The predicted octanol–water partition coefficient (Wildman–Crippen LogP) is 4.06. The van der Waals surface area contributed by atoms with Crippen molar-refractivity contribution < 1.29 is 0 Å². The van der Waals surface area contributed by atoms with Crippen molar-refractivity contribution in [1.29, 1.82) is 0 Å². The van der Waals surface area contributed by atoms with Crippen molar-refractivity contribution in [2.24, 2.45) is 0 Å². The smallest absolute Gasteiger partial charge is 0.0696 e. The van der Waals surface area contributed by atoms with Gasteiger partial charge in [0.25, 0.3) is 0 Å². The fourth-order valence-electron chi connectivity index (χ4n) is 2.80. The third-order valence-corrected chi connectivity index (χ3v) is 3.96. The minimum Gasteiger partial charge on any atom is -0.310 e. The third-order valence-electron chi connectivity index (χ3n) is 3.96. The summed E-state index contributed by atoms with van der Waals surface area (Å²) in [5, 5.41) is 8.37. The quantitative estimate of drug-likeness (QED) is 0.831. The molecule has 0 fully saturated rings. The first-order valence-electron chi connectivity index (χ1n) is 8.15. The van der Waals surface area contributed by atoms with Gasteiger partial charge in [0.2, 0.25) is 0 Å². The van der Waals surface area contributed by atoms with Crippen LogP contribution in [0.3, 0.4) is 0 Å². The highest BCUT2D eigenvalue weighted by molar-refractivity contribution is 5.44. The van der Waals surface area contributed by atoms with Crippen LogP contribution in [0.25, 0.3) is 5.69 Å². The van der Waals surface area contributed by atoms with Gasteiger partial charge in [-0.15, -0.1) is 0 Å². The highest BCUT2D eigenvalue weighted by Gasteiger charge is 2.16. The molecule has 1 aromatic carbocycles. The van der Waals surface area contributed by atoms with E-state index in [9.17, 15) is 0 Å². The number of nitrogens with one attached hydrogen (secondary N) is 1.